The van der Waals surface area contributed by atoms with Crippen LogP contribution in [0.15, 0.2) is 91.0 Å². The average Bonchev–Trinajstić information content (AvgIpc) is 2.77. The first-order valence-corrected chi connectivity index (χ1v) is 10.1. The van der Waals surface area contributed by atoms with Crippen LogP contribution >= 0.6 is 0 Å². The van der Waals surface area contributed by atoms with Crippen LogP contribution in [-0.4, -0.2) is 47.6 Å². The predicted molar refractivity (Wildman–Crippen MR) is 114 cm³/mol. The fourth-order valence-corrected chi connectivity index (χ4v) is 4.11. The van der Waals surface area contributed by atoms with Crippen LogP contribution in [0.5, 0.6) is 0 Å². The van der Waals surface area contributed by atoms with Gasteiger partial charge < -0.3 is 5.11 Å². The van der Waals surface area contributed by atoms with E-state index in [4.69, 9.17) is 0 Å². The largest absolute Gasteiger partial charge is 0.387 e. The fraction of sp³-hybridized carbons (Fsp3) is 0.280. The normalized spacial score (nSPS) is 16.9. The molecule has 1 aliphatic rings. The minimum atomic E-state index is -0.424. The van der Waals surface area contributed by atoms with Gasteiger partial charge in [0, 0.05) is 32.7 Å². The number of hydrogen-bond acceptors (Lipinski definition) is 3. The van der Waals surface area contributed by atoms with Gasteiger partial charge >= 0.3 is 0 Å². The molecule has 0 spiro atoms. The van der Waals surface area contributed by atoms with E-state index in [1.165, 1.54) is 11.1 Å². The lowest BCUT2D eigenvalue weighted by atomic mass is 9.96. The molecule has 0 unspecified atom stereocenters. The third-order valence-electron chi connectivity index (χ3n) is 5.62. The van der Waals surface area contributed by atoms with Gasteiger partial charge in [0.05, 0.1) is 12.1 Å². The number of piperazine rings is 1. The fourth-order valence-electron chi connectivity index (χ4n) is 4.11. The van der Waals surface area contributed by atoms with Gasteiger partial charge in [0.1, 0.15) is 0 Å². The Hall–Kier alpha value is -2.46. The van der Waals surface area contributed by atoms with Gasteiger partial charge in [-0.05, 0) is 16.7 Å². The Bertz CT molecular complexity index is 791. The van der Waals surface area contributed by atoms with Crippen molar-refractivity contribution in [1.29, 1.82) is 0 Å². The molecule has 28 heavy (non-hydrogen) atoms. The van der Waals surface area contributed by atoms with Gasteiger partial charge in [-0.15, -0.1) is 0 Å². The van der Waals surface area contributed by atoms with Crippen LogP contribution in [0, 0.1) is 0 Å². The van der Waals surface area contributed by atoms with E-state index in [1.54, 1.807) is 0 Å². The lowest BCUT2D eigenvalue weighted by molar-refractivity contribution is 0.0623. The molecule has 0 radical (unpaired) electrons. The van der Waals surface area contributed by atoms with Crippen molar-refractivity contribution in [1.82, 2.24) is 9.80 Å². The first-order chi connectivity index (χ1) is 13.8. The summed E-state index contributed by atoms with van der Waals surface area (Å²) >= 11 is 0. The monoisotopic (exact) mass is 372 g/mol. The number of nitrogens with zero attached hydrogens (tertiary/aromatic N) is 2. The predicted octanol–water partition coefficient (Wildman–Crippen LogP) is 4.13. The maximum Gasteiger partial charge on any atom is 0.0916 e. The van der Waals surface area contributed by atoms with Crippen LogP contribution in [0.2, 0.25) is 0 Å². The SMILES string of the molecule is O[C@@H](CN1CCN(C(c2ccccc2)c2ccccc2)CC1)c1ccccc1. The molecule has 144 valence electrons. The van der Waals surface area contributed by atoms with Gasteiger partial charge in [-0.25, -0.2) is 0 Å². The van der Waals surface area contributed by atoms with Gasteiger partial charge in [-0.1, -0.05) is 91.0 Å². The number of hydrogen-bond donors (Lipinski definition) is 1. The van der Waals surface area contributed by atoms with E-state index in [1.807, 2.05) is 30.3 Å². The van der Waals surface area contributed by atoms with E-state index in [0.717, 1.165) is 31.7 Å². The number of aliphatic hydroxyl groups is 1. The Morgan fingerprint density at radius 2 is 1.04 bits per heavy atom. The van der Waals surface area contributed by atoms with Crippen LogP contribution in [0.4, 0.5) is 0 Å². The zero-order chi connectivity index (χ0) is 19.2. The van der Waals surface area contributed by atoms with E-state index in [0.29, 0.717) is 6.54 Å². The molecular weight excluding hydrogens is 344 g/mol. The molecular formula is C25H28N2O. The number of benzene rings is 3. The zero-order valence-corrected chi connectivity index (χ0v) is 16.2. The summed E-state index contributed by atoms with van der Waals surface area (Å²) in [6.07, 6.45) is -0.424. The van der Waals surface area contributed by atoms with Crippen LogP contribution < -0.4 is 0 Å². The summed E-state index contributed by atoms with van der Waals surface area (Å²) in [7, 11) is 0. The highest BCUT2D eigenvalue weighted by molar-refractivity contribution is 5.32. The molecule has 1 aliphatic heterocycles. The molecule has 4 rings (SSSR count). The minimum Gasteiger partial charge on any atom is -0.387 e. The van der Waals surface area contributed by atoms with Crippen LogP contribution in [-0.2, 0) is 0 Å². The molecule has 0 saturated carbocycles. The Morgan fingerprint density at radius 3 is 1.50 bits per heavy atom. The van der Waals surface area contributed by atoms with Gasteiger partial charge in [0.15, 0.2) is 0 Å². The Morgan fingerprint density at radius 1 is 0.607 bits per heavy atom. The molecule has 3 aromatic carbocycles. The lowest BCUT2D eigenvalue weighted by Gasteiger charge is -2.40. The lowest BCUT2D eigenvalue weighted by Crippen LogP contribution is -2.48. The smallest absolute Gasteiger partial charge is 0.0916 e. The average molecular weight is 373 g/mol. The second-order valence-electron chi connectivity index (χ2n) is 7.49. The van der Waals surface area contributed by atoms with Crippen molar-refractivity contribution < 1.29 is 5.11 Å². The van der Waals surface area contributed by atoms with Gasteiger partial charge in [-0.2, -0.15) is 0 Å². The molecule has 0 bridgehead atoms. The second kappa shape index (κ2) is 9.16. The topological polar surface area (TPSA) is 26.7 Å². The summed E-state index contributed by atoms with van der Waals surface area (Å²) in [6, 6.07) is 31.8. The van der Waals surface area contributed by atoms with E-state index < -0.39 is 6.10 Å². The standard InChI is InChI=1S/C25H28N2O/c28-24(21-10-4-1-5-11-21)20-26-16-18-27(19-17-26)25(22-12-6-2-7-13-22)23-14-8-3-9-15-23/h1-15,24-25,28H,16-20H2/t24-/m0/s1. The first-order valence-electron chi connectivity index (χ1n) is 10.1. The Balaban J connectivity index is 1.43. The molecule has 3 nitrogen and oxygen atoms in total. The highest BCUT2D eigenvalue weighted by Crippen LogP contribution is 2.29. The van der Waals surface area contributed by atoms with Crippen molar-refractivity contribution in [2.45, 2.75) is 12.1 Å². The van der Waals surface area contributed by atoms with Crippen molar-refractivity contribution in [2.24, 2.45) is 0 Å². The summed E-state index contributed by atoms with van der Waals surface area (Å²) in [5, 5.41) is 10.5. The Labute approximate surface area is 167 Å². The highest BCUT2D eigenvalue weighted by atomic mass is 16.3. The van der Waals surface area contributed by atoms with E-state index in [-0.39, 0.29) is 6.04 Å². The first kappa shape index (κ1) is 18.9. The molecule has 1 saturated heterocycles. The van der Waals surface area contributed by atoms with Gasteiger partial charge in [-0.3, -0.25) is 9.80 Å². The molecule has 3 heteroatoms. The second-order valence-corrected chi connectivity index (χ2v) is 7.49. The summed E-state index contributed by atoms with van der Waals surface area (Å²) in [5.41, 5.74) is 3.68. The molecule has 0 aliphatic carbocycles. The molecule has 1 N–H and O–H groups in total. The maximum atomic E-state index is 10.5. The molecule has 3 aromatic rings. The molecule has 0 aromatic heterocycles. The van der Waals surface area contributed by atoms with E-state index in [9.17, 15) is 5.11 Å². The molecule has 1 heterocycles. The van der Waals surface area contributed by atoms with Crippen molar-refractivity contribution >= 4 is 0 Å². The van der Waals surface area contributed by atoms with Crippen molar-refractivity contribution in [3.8, 4) is 0 Å². The summed E-state index contributed by atoms with van der Waals surface area (Å²) in [5.74, 6) is 0. The van der Waals surface area contributed by atoms with Gasteiger partial charge in [0.2, 0.25) is 0 Å². The van der Waals surface area contributed by atoms with Crippen LogP contribution in [0.1, 0.15) is 28.8 Å². The molecule has 1 fully saturated rings. The number of β-amino-alcohol motifs (C(OH)–C–C–N with tert-alkyl or cyclic N) is 1. The molecule has 1 atom stereocenters. The quantitative estimate of drug-likeness (QED) is 0.705. The maximum absolute atomic E-state index is 10.5. The van der Waals surface area contributed by atoms with Crippen LogP contribution in [0.25, 0.3) is 0 Å². The van der Waals surface area contributed by atoms with Crippen molar-refractivity contribution in [2.75, 3.05) is 32.7 Å². The molecule has 0 amide bonds. The number of rotatable bonds is 6. The minimum absolute atomic E-state index is 0.281. The highest BCUT2D eigenvalue weighted by Gasteiger charge is 2.27. The van der Waals surface area contributed by atoms with Crippen molar-refractivity contribution in [3.63, 3.8) is 0 Å². The summed E-state index contributed by atoms with van der Waals surface area (Å²) in [6.45, 7) is 4.63. The van der Waals surface area contributed by atoms with Crippen molar-refractivity contribution in [3.05, 3.63) is 108 Å². The number of aliphatic hydroxyl groups excluding tert-OH is 1. The van der Waals surface area contributed by atoms with E-state index >= 15 is 0 Å². The van der Waals surface area contributed by atoms with E-state index in [2.05, 4.69) is 70.5 Å². The van der Waals surface area contributed by atoms with Gasteiger partial charge in [0.25, 0.3) is 0 Å². The van der Waals surface area contributed by atoms with Crippen LogP contribution in [0.3, 0.4) is 0 Å². The summed E-state index contributed by atoms with van der Waals surface area (Å²) in [4.78, 5) is 4.94. The summed E-state index contributed by atoms with van der Waals surface area (Å²) < 4.78 is 0. The third-order valence-corrected chi connectivity index (χ3v) is 5.62. The third kappa shape index (κ3) is 4.50. The zero-order valence-electron chi connectivity index (χ0n) is 16.2. The Kier molecular flexibility index (Phi) is 6.17.